The summed E-state index contributed by atoms with van der Waals surface area (Å²) in [4.78, 5) is 7.13. The Labute approximate surface area is 99.3 Å². The first-order valence-corrected chi connectivity index (χ1v) is 5.32. The van der Waals surface area contributed by atoms with E-state index < -0.39 is 6.10 Å². The predicted octanol–water partition coefficient (Wildman–Crippen LogP) is 1.08. The molecule has 4 N–H and O–H groups in total. The molecule has 0 aliphatic heterocycles. The molecule has 0 aliphatic carbocycles. The van der Waals surface area contributed by atoms with Gasteiger partial charge in [-0.15, -0.1) is 0 Å². The lowest BCUT2D eigenvalue weighted by Gasteiger charge is -2.06. The van der Waals surface area contributed by atoms with Gasteiger partial charge in [-0.25, -0.2) is 4.98 Å². The maximum absolute atomic E-state index is 9.57. The number of para-hydroxylation sites is 1. The normalized spacial score (nSPS) is 12.4. The number of H-pyrrole nitrogens is 1. The Kier molecular flexibility index (Phi) is 3.41. The molecule has 5 heteroatoms. The highest BCUT2D eigenvalue weighted by Crippen LogP contribution is 2.28. The van der Waals surface area contributed by atoms with Crippen LogP contribution < -0.4 is 10.5 Å². The van der Waals surface area contributed by atoms with Gasteiger partial charge in [-0.05, 0) is 12.1 Å². The second-order valence-corrected chi connectivity index (χ2v) is 3.63. The number of rotatable bonds is 4. The molecule has 1 heterocycles. The average molecular weight is 233 g/mol. The molecule has 0 saturated heterocycles. The predicted molar refractivity (Wildman–Crippen MR) is 64.6 cm³/mol. The first kappa shape index (κ1) is 11.6. The van der Waals surface area contributed by atoms with E-state index in [2.05, 4.69) is 9.97 Å². The number of hydrogen-bond donors (Lipinski definition) is 3. The van der Waals surface area contributed by atoms with Crippen LogP contribution in [-0.4, -0.2) is 28.7 Å². The number of aromatic amines is 1. The number of methoxy groups -OCH3 is 1. The highest BCUT2D eigenvalue weighted by molar-refractivity contribution is 5.66. The summed E-state index contributed by atoms with van der Waals surface area (Å²) >= 11 is 0. The van der Waals surface area contributed by atoms with Gasteiger partial charge in [0.1, 0.15) is 17.7 Å². The Morgan fingerprint density at radius 2 is 2.24 bits per heavy atom. The molecule has 0 saturated carbocycles. The summed E-state index contributed by atoms with van der Waals surface area (Å²) in [6, 6.07) is 7.60. The van der Waals surface area contributed by atoms with Crippen LogP contribution in [0.25, 0.3) is 11.3 Å². The van der Waals surface area contributed by atoms with Gasteiger partial charge in [0.25, 0.3) is 0 Å². The number of nitrogens with zero attached hydrogens (tertiary/aromatic N) is 1. The molecule has 0 aliphatic rings. The van der Waals surface area contributed by atoms with Crippen molar-refractivity contribution < 1.29 is 9.84 Å². The van der Waals surface area contributed by atoms with Crippen LogP contribution in [0, 0.1) is 0 Å². The molecule has 0 amide bonds. The summed E-state index contributed by atoms with van der Waals surface area (Å²) in [7, 11) is 1.62. The summed E-state index contributed by atoms with van der Waals surface area (Å²) < 4.78 is 5.26. The number of aromatic nitrogens is 2. The van der Waals surface area contributed by atoms with Crippen LogP contribution in [-0.2, 0) is 0 Å². The minimum absolute atomic E-state index is 0.138. The molecule has 17 heavy (non-hydrogen) atoms. The molecule has 1 aromatic carbocycles. The van der Waals surface area contributed by atoms with Gasteiger partial charge in [-0.3, -0.25) is 0 Å². The van der Waals surface area contributed by atoms with E-state index in [-0.39, 0.29) is 6.54 Å². The monoisotopic (exact) mass is 233 g/mol. The number of aliphatic hydroxyl groups excluding tert-OH is 1. The minimum Gasteiger partial charge on any atom is -0.496 e. The molecule has 0 spiro atoms. The van der Waals surface area contributed by atoms with Crippen molar-refractivity contribution in [2.24, 2.45) is 5.73 Å². The van der Waals surface area contributed by atoms with Crippen molar-refractivity contribution >= 4 is 0 Å². The highest BCUT2D eigenvalue weighted by Gasteiger charge is 2.12. The van der Waals surface area contributed by atoms with E-state index in [0.29, 0.717) is 5.82 Å². The second kappa shape index (κ2) is 4.99. The van der Waals surface area contributed by atoms with Gasteiger partial charge in [0.15, 0.2) is 0 Å². The Morgan fingerprint density at radius 3 is 2.94 bits per heavy atom. The maximum atomic E-state index is 9.57. The number of benzene rings is 1. The third kappa shape index (κ3) is 2.30. The van der Waals surface area contributed by atoms with Crippen molar-refractivity contribution in [1.82, 2.24) is 9.97 Å². The lowest BCUT2D eigenvalue weighted by atomic mass is 10.1. The molecular weight excluding hydrogens is 218 g/mol. The number of aliphatic hydroxyl groups is 1. The lowest BCUT2D eigenvalue weighted by molar-refractivity contribution is 0.177. The van der Waals surface area contributed by atoms with Crippen LogP contribution in [0.5, 0.6) is 5.75 Å². The molecule has 0 fully saturated rings. The van der Waals surface area contributed by atoms with E-state index in [4.69, 9.17) is 10.5 Å². The van der Waals surface area contributed by atoms with E-state index in [1.54, 1.807) is 13.3 Å². The topological polar surface area (TPSA) is 84.2 Å². The summed E-state index contributed by atoms with van der Waals surface area (Å²) in [6.07, 6.45) is 0.893. The third-order valence-electron chi connectivity index (χ3n) is 2.53. The van der Waals surface area contributed by atoms with Crippen LogP contribution in [0.15, 0.2) is 30.5 Å². The molecule has 1 atom stereocenters. The minimum atomic E-state index is -0.765. The molecule has 2 aromatic rings. The number of imidazole rings is 1. The summed E-state index contributed by atoms with van der Waals surface area (Å²) in [5, 5.41) is 9.57. The van der Waals surface area contributed by atoms with Crippen molar-refractivity contribution in [3.63, 3.8) is 0 Å². The van der Waals surface area contributed by atoms with Crippen molar-refractivity contribution in [1.29, 1.82) is 0 Å². The second-order valence-electron chi connectivity index (χ2n) is 3.63. The smallest absolute Gasteiger partial charge is 0.136 e. The van der Waals surface area contributed by atoms with Crippen LogP contribution in [0.4, 0.5) is 0 Å². The van der Waals surface area contributed by atoms with Gasteiger partial charge >= 0.3 is 0 Å². The molecule has 1 unspecified atom stereocenters. The zero-order chi connectivity index (χ0) is 12.3. The lowest BCUT2D eigenvalue weighted by Crippen LogP contribution is -2.12. The van der Waals surface area contributed by atoms with E-state index in [1.807, 2.05) is 24.3 Å². The van der Waals surface area contributed by atoms with E-state index in [1.165, 1.54) is 0 Å². The zero-order valence-electron chi connectivity index (χ0n) is 9.55. The molecule has 5 nitrogen and oxygen atoms in total. The molecule has 0 radical (unpaired) electrons. The molecule has 2 rings (SSSR count). The summed E-state index contributed by atoms with van der Waals surface area (Å²) in [6.45, 7) is 0.138. The van der Waals surface area contributed by atoms with Crippen LogP contribution in [0.1, 0.15) is 11.9 Å². The maximum Gasteiger partial charge on any atom is 0.136 e. The van der Waals surface area contributed by atoms with E-state index in [0.717, 1.165) is 17.0 Å². The zero-order valence-corrected chi connectivity index (χ0v) is 9.55. The summed E-state index contributed by atoms with van der Waals surface area (Å²) in [5.74, 6) is 1.22. The van der Waals surface area contributed by atoms with Crippen molar-refractivity contribution in [2.75, 3.05) is 13.7 Å². The van der Waals surface area contributed by atoms with Gasteiger partial charge in [-0.1, -0.05) is 12.1 Å². The Hall–Kier alpha value is -1.85. The van der Waals surface area contributed by atoms with E-state index in [9.17, 15) is 5.11 Å². The largest absolute Gasteiger partial charge is 0.496 e. The Morgan fingerprint density at radius 1 is 1.47 bits per heavy atom. The van der Waals surface area contributed by atoms with Crippen LogP contribution in [0.3, 0.4) is 0 Å². The van der Waals surface area contributed by atoms with Gasteiger partial charge in [-0.2, -0.15) is 0 Å². The van der Waals surface area contributed by atoms with Crippen LogP contribution in [0.2, 0.25) is 0 Å². The number of ether oxygens (including phenoxy) is 1. The van der Waals surface area contributed by atoms with Gasteiger partial charge in [0.05, 0.1) is 19.0 Å². The number of hydrogen-bond acceptors (Lipinski definition) is 4. The fraction of sp³-hybridized carbons (Fsp3) is 0.250. The first-order chi connectivity index (χ1) is 8.26. The van der Waals surface area contributed by atoms with E-state index >= 15 is 0 Å². The van der Waals surface area contributed by atoms with Crippen molar-refractivity contribution in [3.8, 4) is 17.0 Å². The quantitative estimate of drug-likeness (QED) is 0.737. The molecule has 1 aromatic heterocycles. The SMILES string of the molecule is COc1ccccc1-c1cnc(C(O)CN)[nH]1. The number of nitrogens with two attached hydrogens (primary N) is 1. The Bertz CT molecular complexity index is 496. The Balaban J connectivity index is 2.37. The average Bonchev–Trinajstić information content (AvgIpc) is 2.87. The van der Waals surface area contributed by atoms with Crippen molar-refractivity contribution in [2.45, 2.75) is 6.10 Å². The first-order valence-electron chi connectivity index (χ1n) is 5.32. The standard InChI is InChI=1S/C12H15N3O2/c1-17-11-5-3-2-4-8(11)9-7-14-12(15-9)10(16)6-13/h2-5,7,10,16H,6,13H2,1H3,(H,14,15). The van der Waals surface area contributed by atoms with Crippen molar-refractivity contribution in [3.05, 3.63) is 36.3 Å². The molecule has 0 bridgehead atoms. The van der Waals surface area contributed by atoms with Gasteiger partial charge in [0.2, 0.25) is 0 Å². The summed E-state index contributed by atoms with van der Waals surface area (Å²) in [5.41, 5.74) is 7.07. The highest BCUT2D eigenvalue weighted by atomic mass is 16.5. The fourth-order valence-corrected chi connectivity index (χ4v) is 1.62. The fourth-order valence-electron chi connectivity index (χ4n) is 1.62. The number of nitrogens with one attached hydrogen (secondary N) is 1. The molecule has 90 valence electrons. The van der Waals surface area contributed by atoms with Crippen LogP contribution >= 0.6 is 0 Å². The third-order valence-corrected chi connectivity index (χ3v) is 2.53. The van der Waals surface area contributed by atoms with Gasteiger partial charge in [0, 0.05) is 12.1 Å². The van der Waals surface area contributed by atoms with Gasteiger partial charge < -0.3 is 20.6 Å². The molecular formula is C12H15N3O2.